The highest BCUT2D eigenvalue weighted by molar-refractivity contribution is 5.88. The van der Waals surface area contributed by atoms with Crippen LogP contribution in [-0.2, 0) is 9.59 Å². The fourth-order valence-corrected chi connectivity index (χ4v) is 2.73. The van der Waals surface area contributed by atoms with Crippen molar-refractivity contribution in [3.8, 4) is 5.75 Å². The number of hydrogen-bond donors (Lipinski definition) is 1. The van der Waals surface area contributed by atoms with Crippen LogP contribution in [0.2, 0.25) is 0 Å². The molecular weight excluding hydrogens is 280 g/mol. The third-order valence-corrected chi connectivity index (χ3v) is 3.76. The quantitative estimate of drug-likeness (QED) is 0.903. The van der Waals surface area contributed by atoms with Crippen molar-refractivity contribution in [1.82, 2.24) is 10.2 Å². The van der Waals surface area contributed by atoms with Gasteiger partial charge in [0.25, 0.3) is 0 Å². The molecule has 1 aliphatic rings. The van der Waals surface area contributed by atoms with Crippen LogP contribution < -0.4 is 10.1 Å². The van der Waals surface area contributed by atoms with Gasteiger partial charge >= 0.3 is 0 Å². The SMILES string of the molecule is CNC(=O)[C@@H]1C[C@H](Oc2ccccc2)CN1C(=O)CC(C)C. The predicted octanol–water partition coefficient (Wildman–Crippen LogP) is 1.83. The number of hydrogen-bond acceptors (Lipinski definition) is 3. The number of nitrogens with one attached hydrogen (secondary N) is 1. The van der Waals surface area contributed by atoms with E-state index in [4.69, 9.17) is 4.74 Å². The van der Waals surface area contributed by atoms with Crippen molar-refractivity contribution >= 4 is 11.8 Å². The second-order valence-electron chi connectivity index (χ2n) is 6.06. The highest BCUT2D eigenvalue weighted by Gasteiger charge is 2.40. The first kappa shape index (κ1) is 16.3. The second kappa shape index (κ2) is 7.29. The zero-order chi connectivity index (χ0) is 16.1. The first-order chi connectivity index (χ1) is 10.5. The number of carbonyl (C=O) groups is 2. The van der Waals surface area contributed by atoms with Crippen LogP contribution in [0.5, 0.6) is 5.75 Å². The molecule has 2 rings (SSSR count). The maximum atomic E-state index is 12.4. The average molecular weight is 304 g/mol. The van der Waals surface area contributed by atoms with E-state index in [1.54, 1.807) is 11.9 Å². The van der Waals surface area contributed by atoms with E-state index in [1.165, 1.54) is 0 Å². The molecule has 1 aromatic rings. The highest BCUT2D eigenvalue weighted by Crippen LogP contribution is 2.24. The van der Waals surface area contributed by atoms with Crippen LogP contribution in [0.15, 0.2) is 30.3 Å². The number of nitrogens with zero attached hydrogens (tertiary/aromatic N) is 1. The van der Waals surface area contributed by atoms with Gasteiger partial charge in [-0.25, -0.2) is 0 Å². The molecule has 1 N–H and O–H groups in total. The van der Waals surface area contributed by atoms with Crippen molar-refractivity contribution < 1.29 is 14.3 Å². The van der Waals surface area contributed by atoms with E-state index in [2.05, 4.69) is 5.32 Å². The number of rotatable bonds is 5. The lowest BCUT2D eigenvalue weighted by Crippen LogP contribution is -2.45. The normalized spacial score (nSPS) is 21.0. The Morgan fingerprint density at radius 2 is 2.00 bits per heavy atom. The molecule has 1 aliphatic heterocycles. The van der Waals surface area contributed by atoms with Crippen LogP contribution in [-0.4, -0.2) is 42.5 Å². The monoisotopic (exact) mass is 304 g/mol. The van der Waals surface area contributed by atoms with Crippen molar-refractivity contribution in [2.24, 2.45) is 5.92 Å². The largest absolute Gasteiger partial charge is 0.488 e. The number of likely N-dealkylation sites (N-methyl/N-ethyl adjacent to an activating group) is 1. The molecule has 5 heteroatoms. The van der Waals surface area contributed by atoms with E-state index in [0.717, 1.165) is 5.75 Å². The fraction of sp³-hybridized carbons (Fsp3) is 0.529. The van der Waals surface area contributed by atoms with E-state index in [-0.39, 0.29) is 23.8 Å². The molecule has 2 amide bonds. The Bertz CT molecular complexity index is 516. The zero-order valence-electron chi connectivity index (χ0n) is 13.4. The summed E-state index contributed by atoms with van der Waals surface area (Å²) < 4.78 is 5.91. The van der Waals surface area contributed by atoms with E-state index in [9.17, 15) is 9.59 Å². The van der Waals surface area contributed by atoms with Gasteiger partial charge in [0.15, 0.2) is 0 Å². The minimum Gasteiger partial charge on any atom is -0.488 e. The summed E-state index contributed by atoms with van der Waals surface area (Å²) in [6, 6.07) is 9.06. The summed E-state index contributed by atoms with van der Waals surface area (Å²) in [7, 11) is 1.60. The molecule has 1 heterocycles. The first-order valence-electron chi connectivity index (χ1n) is 7.74. The fourth-order valence-electron chi connectivity index (χ4n) is 2.73. The Balaban J connectivity index is 2.07. The summed E-state index contributed by atoms with van der Waals surface area (Å²) in [6.45, 7) is 4.46. The molecule has 0 bridgehead atoms. The topological polar surface area (TPSA) is 58.6 Å². The predicted molar refractivity (Wildman–Crippen MR) is 84.5 cm³/mol. The van der Waals surface area contributed by atoms with Crippen molar-refractivity contribution in [2.45, 2.75) is 38.8 Å². The minimum atomic E-state index is -0.440. The maximum Gasteiger partial charge on any atom is 0.242 e. The van der Waals surface area contributed by atoms with Crippen molar-refractivity contribution in [2.75, 3.05) is 13.6 Å². The lowest BCUT2D eigenvalue weighted by atomic mass is 10.1. The van der Waals surface area contributed by atoms with Gasteiger partial charge in [0.1, 0.15) is 17.9 Å². The maximum absolute atomic E-state index is 12.4. The summed E-state index contributed by atoms with van der Waals surface area (Å²) in [6.07, 6.45) is 0.824. The van der Waals surface area contributed by atoms with Crippen LogP contribution in [0.4, 0.5) is 0 Å². The lowest BCUT2D eigenvalue weighted by Gasteiger charge is -2.23. The van der Waals surface area contributed by atoms with Gasteiger partial charge in [-0.3, -0.25) is 9.59 Å². The minimum absolute atomic E-state index is 0.0164. The molecule has 120 valence electrons. The van der Waals surface area contributed by atoms with Gasteiger partial charge in [0, 0.05) is 19.9 Å². The smallest absolute Gasteiger partial charge is 0.242 e. The van der Waals surface area contributed by atoms with Crippen LogP contribution in [0.3, 0.4) is 0 Å². The van der Waals surface area contributed by atoms with Crippen LogP contribution in [0.25, 0.3) is 0 Å². The molecule has 0 aliphatic carbocycles. The van der Waals surface area contributed by atoms with E-state index >= 15 is 0 Å². The van der Waals surface area contributed by atoms with Gasteiger partial charge in [0.05, 0.1) is 6.54 Å². The molecule has 0 spiro atoms. The molecular formula is C17H24N2O3. The number of benzene rings is 1. The van der Waals surface area contributed by atoms with Gasteiger partial charge < -0.3 is 15.0 Å². The Morgan fingerprint density at radius 1 is 1.32 bits per heavy atom. The number of likely N-dealkylation sites (tertiary alicyclic amines) is 1. The molecule has 2 atom stereocenters. The average Bonchev–Trinajstić information content (AvgIpc) is 2.91. The number of para-hydroxylation sites is 1. The Labute approximate surface area is 131 Å². The van der Waals surface area contributed by atoms with Gasteiger partial charge in [-0.05, 0) is 18.1 Å². The van der Waals surface area contributed by atoms with Crippen LogP contribution in [0, 0.1) is 5.92 Å². The van der Waals surface area contributed by atoms with Crippen LogP contribution in [0.1, 0.15) is 26.7 Å². The van der Waals surface area contributed by atoms with Crippen molar-refractivity contribution in [3.05, 3.63) is 30.3 Å². The molecule has 22 heavy (non-hydrogen) atoms. The van der Waals surface area contributed by atoms with E-state index in [0.29, 0.717) is 19.4 Å². The zero-order valence-corrected chi connectivity index (χ0v) is 13.4. The number of amides is 2. The molecule has 0 saturated carbocycles. The molecule has 1 aromatic carbocycles. The van der Waals surface area contributed by atoms with E-state index < -0.39 is 6.04 Å². The summed E-state index contributed by atoms with van der Waals surface area (Å²) in [5.74, 6) is 0.923. The Hall–Kier alpha value is -2.04. The molecule has 0 radical (unpaired) electrons. The van der Waals surface area contributed by atoms with Gasteiger partial charge in [0.2, 0.25) is 11.8 Å². The Kier molecular flexibility index (Phi) is 5.41. The summed E-state index contributed by atoms with van der Waals surface area (Å²) >= 11 is 0. The van der Waals surface area contributed by atoms with Gasteiger partial charge in [-0.15, -0.1) is 0 Å². The Morgan fingerprint density at radius 3 is 2.59 bits per heavy atom. The van der Waals surface area contributed by atoms with Crippen LogP contribution >= 0.6 is 0 Å². The summed E-state index contributed by atoms with van der Waals surface area (Å²) in [5, 5.41) is 2.64. The molecule has 0 unspecified atom stereocenters. The lowest BCUT2D eigenvalue weighted by molar-refractivity contribution is -0.138. The highest BCUT2D eigenvalue weighted by atomic mass is 16.5. The third-order valence-electron chi connectivity index (χ3n) is 3.76. The molecule has 0 aromatic heterocycles. The van der Waals surface area contributed by atoms with Gasteiger partial charge in [-0.1, -0.05) is 32.0 Å². The van der Waals surface area contributed by atoms with Crippen molar-refractivity contribution in [3.63, 3.8) is 0 Å². The second-order valence-corrected chi connectivity index (χ2v) is 6.06. The van der Waals surface area contributed by atoms with Crippen molar-refractivity contribution in [1.29, 1.82) is 0 Å². The van der Waals surface area contributed by atoms with E-state index in [1.807, 2.05) is 44.2 Å². The molecule has 5 nitrogen and oxygen atoms in total. The van der Waals surface area contributed by atoms with Gasteiger partial charge in [-0.2, -0.15) is 0 Å². The number of ether oxygens (including phenoxy) is 1. The summed E-state index contributed by atoms with van der Waals surface area (Å²) in [4.78, 5) is 26.1. The third kappa shape index (κ3) is 4.00. The number of carbonyl (C=O) groups excluding carboxylic acids is 2. The summed E-state index contributed by atoms with van der Waals surface area (Å²) in [5.41, 5.74) is 0. The molecule has 1 saturated heterocycles. The first-order valence-corrected chi connectivity index (χ1v) is 7.74. The standard InChI is InChI=1S/C17H24N2O3/c1-12(2)9-16(20)19-11-14(10-15(19)17(21)18-3)22-13-7-5-4-6-8-13/h4-8,12,14-15H,9-11H2,1-3H3,(H,18,21)/t14-,15-/m0/s1. The molecule has 1 fully saturated rings.